The first-order valence-corrected chi connectivity index (χ1v) is 6.44. The molecule has 2 aromatic heterocycles. The van der Waals surface area contributed by atoms with Gasteiger partial charge in [-0.05, 0) is 20.3 Å². The fraction of sp³-hybridized carbons (Fsp3) is 0.385. The summed E-state index contributed by atoms with van der Waals surface area (Å²) < 4.78 is 1.51. The first-order chi connectivity index (χ1) is 9.06. The first-order valence-electron chi connectivity index (χ1n) is 6.07. The Balaban J connectivity index is 2.59. The quantitative estimate of drug-likeness (QED) is 0.864. The molecule has 0 aliphatic heterocycles. The highest BCUT2D eigenvalue weighted by molar-refractivity contribution is 6.31. The van der Waals surface area contributed by atoms with Gasteiger partial charge in [-0.1, -0.05) is 24.9 Å². The van der Waals surface area contributed by atoms with Crippen LogP contribution in [0.4, 0.5) is 0 Å². The molecular weight excluding hydrogens is 262 g/mol. The summed E-state index contributed by atoms with van der Waals surface area (Å²) in [6.07, 6.45) is 1.63. The van der Waals surface area contributed by atoms with Crippen LogP contribution in [0.3, 0.4) is 0 Å². The molecule has 0 spiro atoms. The van der Waals surface area contributed by atoms with Gasteiger partial charge in [0.1, 0.15) is 17.5 Å². The molecule has 0 radical (unpaired) electrons. The van der Waals surface area contributed by atoms with Gasteiger partial charge in [0.25, 0.3) is 0 Å². The summed E-state index contributed by atoms with van der Waals surface area (Å²) in [4.78, 5) is 8.52. The average Bonchev–Trinajstić information content (AvgIpc) is 2.65. The van der Waals surface area contributed by atoms with Crippen molar-refractivity contribution in [2.24, 2.45) is 0 Å². The molecule has 98 valence electrons. The van der Waals surface area contributed by atoms with Crippen LogP contribution in [0.15, 0.2) is 6.07 Å². The molecule has 0 aromatic carbocycles. The molecule has 2 aromatic rings. The van der Waals surface area contributed by atoms with Crippen LogP contribution in [0.5, 0.6) is 0 Å². The molecule has 0 unspecified atom stereocenters. The smallest absolute Gasteiger partial charge is 0.159 e. The maximum Gasteiger partial charge on any atom is 0.159 e. The minimum Gasteiger partial charge on any atom is -0.238 e. The van der Waals surface area contributed by atoms with Crippen LogP contribution < -0.4 is 0 Å². The molecule has 0 saturated carbocycles. The number of aryl methyl sites for hydroxylation is 3. The van der Waals surface area contributed by atoms with Crippen LogP contribution in [0.1, 0.15) is 36.1 Å². The summed E-state index contributed by atoms with van der Waals surface area (Å²) in [6, 6.07) is 3.90. The highest BCUT2D eigenvalue weighted by atomic mass is 35.5. The zero-order valence-electron chi connectivity index (χ0n) is 11.1. The molecule has 2 rings (SSSR count). The highest BCUT2D eigenvalue weighted by Gasteiger charge is 2.17. The molecule has 2 heterocycles. The van der Waals surface area contributed by atoms with Crippen LogP contribution >= 0.6 is 11.6 Å². The van der Waals surface area contributed by atoms with E-state index in [2.05, 4.69) is 21.1 Å². The first kappa shape index (κ1) is 13.5. The summed E-state index contributed by atoms with van der Waals surface area (Å²) in [5, 5.41) is 13.9. The zero-order valence-corrected chi connectivity index (χ0v) is 11.9. The van der Waals surface area contributed by atoms with Gasteiger partial charge in [0.2, 0.25) is 0 Å². The van der Waals surface area contributed by atoms with E-state index in [0.717, 1.165) is 18.5 Å². The molecule has 0 aliphatic carbocycles. The fourth-order valence-electron chi connectivity index (χ4n) is 1.92. The third kappa shape index (κ3) is 2.59. The second-order valence-corrected chi connectivity index (χ2v) is 4.66. The van der Waals surface area contributed by atoms with Crippen molar-refractivity contribution < 1.29 is 0 Å². The third-order valence-corrected chi connectivity index (χ3v) is 3.02. The molecule has 0 fully saturated rings. The Labute approximate surface area is 116 Å². The van der Waals surface area contributed by atoms with E-state index in [0.29, 0.717) is 28.1 Å². The monoisotopic (exact) mass is 275 g/mol. The Morgan fingerprint density at radius 1 is 1.37 bits per heavy atom. The topological polar surface area (TPSA) is 67.4 Å². The van der Waals surface area contributed by atoms with Crippen molar-refractivity contribution in [1.82, 2.24) is 19.7 Å². The number of halogens is 1. The lowest BCUT2D eigenvalue weighted by atomic mass is 10.2. The van der Waals surface area contributed by atoms with Crippen molar-refractivity contribution >= 4 is 11.6 Å². The minimum atomic E-state index is 0.309. The SMILES string of the molecule is CCCc1nn(-c2cc(C)nc(C)n2)c(Cl)c1C#N. The van der Waals surface area contributed by atoms with Gasteiger partial charge >= 0.3 is 0 Å². The molecule has 0 atom stereocenters. The number of nitriles is 1. The van der Waals surface area contributed by atoms with Gasteiger partial charge in [-0.2, -0.15) is 10.4 Å². The van der Waals surface area contributed by atoms with E-state index < -0.39 is 0 Å². The summed E-state index contributed by atoms with van der Waals surface area (Å²) in [6.45, 7) is 5.73. The maximum atomic E-state index is 9.17. The Bertz CT molecular complexity index is 634. The van der Waals surface area contributed by atoms with E-state index in [-0.39, 0.29) is 0 Å². The Hall–Kier alpha value is -1.93. The molecule has 0 aliphatic rings. The van der Waals surface area contributed by atoms with Gasteiger partial charge in [-0.25, -0.2) is 14.6 Å². The van der Waals surface area contributed by atoms with Gasteiger partial charge in [0.15, 0.2) is 11.0 Å². The Morgan fingerprint density at radius 2 is 2.11 bits per heavy atom. The van der Waals surface area contributed by atoms with Crippen LogP contribution in [-0.4, -0.2) is 19.7 Å². The summed E-state index contributed by atoms with van der Waals surface area (Å²) in [7, 11) is 0. The second kappa shape index (κ2) is 5.37. The van der Waals surface area contributed by atoms with Crippen LogP contribution in [0, 0.1) is 25.2 Å². The summed E-state index contributed by atoms with van der Waals surface area (Å²) >= 11 is 6.22. The number of hydrogen-bond acceptors (Lipinski definition) is 4. The van der Waals surface area contributed by atoms with Crippen molar-refractivity contribution in [3.8, 4) is 11.9 Å². The predicted octanol–water partition coefficient (Wildman–Crippen LogP) is 2.76. The molecule has 0 amide bonds. The van der Waals surface area contributed by atoms with E-state index in [1.807, 2.05) is 20.8 Å². The van der Waals surface area contributed by atoms with Gasteiger partial charge in [-0.3, -0.25) is 0 Å². The molecule has 0 N–H and O–H groups in total. The molecule has 5 nitrogen and oxygen atoms in total. The maximum absolute atomic E-state index is 9.17. The molecule has 0 bridgehead atoms. The average molecular weight is 276 g/mol. The lowest BCUT2D eigenvalue weighted by molar-refractivity contribution is 0.779. The number of hydrogen-bond donors (Lipinski definition) is 0. The zero-order chi connectivity index (χ0) is 14.0. The number of aromatic nitrogens is 4. The van der Waals surface area contributed by atoms with E-state index >= 15 is 0 Å². The second-order valence-electron chi connectivity index (χ2n) is 4.30. The van der Waals surface area contributed by atoms with E-state index in [1.54, 1.807) is 6.07 Å². The third-order valence-electron chi connectivity index (χ3n) is 2.67. The van der Waals surface area contributed by atoms with Crippen molar-refractivity contribution in [3.05, 3.63) is 34.0 Å². The van der Waals surface area contributed by atoms with E-state index in [9.17, 15) is 5.26 Å². The number of rotatable bonds is 3. The normalized spacial score (nSPS) is 10.5. The Kier molecular flexibility index (Phi) is 3.82. The molecule has 6 heteroatoms. The predicted molar refractivity (Wildman–Crippen MR) is 72.3 cm³/mol. The number of nitrogens with zero attached hydrogens (tertiary/aromatic N) is 5. The standard InChI is InChI=1S/C13H14ClN5/c1-4-5-11-10(7-15)13(14)19(18-11)12-6-8(2)16-9(3)17-12/h6H,4-5H2,1-3H3. The lowest BCUT2D eigenvalue weighted by Crippen LogP contribution is -2.04. The minimum absolute atomic E-state index is 0.309. The lowest BCUT2D eigenvalue weighted by Gasteiger charge is -2.04. The van der Waals surface area contributed by atoms with Crippen LogP contribution in [0.25, 0.3) is 5.82 Å². The Morgan fingerprint density at radius 3 is 2.68 bits per heavy atom. The largest absolute Gasteiger partial charge is 0.238 e. The van der Waals surface area contributed by atoms with Gasteiger partial charge < -0.3 is 0 Å². The fourth-order valence-corrected chi connectivity index (χ4v) is 2.20. The highest BCUT2D eigenvalue weighted by Crippen LogP contribution is 2.23. The van der Waals surface area contributed by atoms with Gasteiger partial charge in [0.05, 0.1) is 5.69 Å². The molecule has 0 saturated heterocycles. The van der Waals surface area contributed by atoms with Crippen LogP contribution in [-0.2, 0) is 6.42 Å². The summed E-state index contributed by atoms with van der Waals surface area (Å²) in [5.41, 5.74) is 1.98. The van der Waals surface area contributed by atoms with Gasteiger partial charge in [-0.15, -0.1) is 0 Å². The van der Waals surface area contributed by atoms with Crippen molar-refractivity contribution in [2.45, 2.75) is 33.6 Å². The summed E-state index contributed by atoms with van der Waals surface area (Å²) in [5.74, 6) is 1.24. The van der Waals surface area contributed by atoms with Crippen molar-refractivity contribution in [1.29, 1.82) is 5.26 Å². The van der Waals surface area contributed by atoms with Crippen LogP contribution in [0.2, 0.25) is 5.15 Å². The van der Waals surface area contributed by atoms with Crippen molar-refractivity contribution in [3.63, 3.8) is 0 Å². The molecule has 19 heavy (non-hydrogen) atoms. The van der Waals surface area contributed by atoms with Crippen molar-refractivity contribution in [2.75, 3.05) is 0 Å². The van der Waals surface area contributed by atoms with E-state index in [1.165, 1.54) is 4.68 Å². The van der Waals surface area contributed by atoms with E-state index in [4.69, 9.17) is 11.6 Å². The van der Waals surface area contributed by atoms with Gasteiger partial charge in [0, 0.05) is 11.8 Å². The molecular formula is C13H14ClN5.